The van der Waals surface area contributed by atoms with Gasteiger partial charge in [-0.15, -0.1) is 10.2 Å². The molecule has 2 aliphatic rings. The van der Waals surface area contributed by atoms with Crippen LogP contribution in [0.3, 0.4) is 0 Å². The number of rotatable bonds is 1. The lowest BCUT2D eigenvalue weighted by atomic mass is 10.0. The van der Waals surface area contributed by atoms with E-state index in [0.29, 0.717) is 22.7 Å². The van der Waals surface area contributed by atoms with Crippen molar-refractivity contribution >= 4 is 21.7 Å². The van der Waals surface area contributed by atoms with Crippen molar-refractivity contribution in [2.24, 2.45) is 0 Å². The predicted octanol–water partition coefficient (Wildman–Crippen LogP) is 3.39. The fourth-order valence-electron chi connectivity index (χ4n) is 3.10. The number of anilines is 1. The van der Waals surface area contributed by atoms with Crippen molar-refractivity contribution in [1.29, 1.82) is 0 Å². The SMILES string of the molecule is FC(F)(F)c1ccc(N2C3CCC2CC(Br)C3)nn1. The number of nitrogens with zero attached hydrogens (tertiary/aromatic N) is 3. The quantitative estimate of drug-likeness (QED) is 0.736. The minimum absolute atomic E-state index is 0.370. The Hall–Kier alpha value is -0.850. The molecule has 2 saturated heterocycles. The third-order valence-electron chi connectivity index (χ3n) is 3.88. The Balaban J connectivity index is 1.84. The van der Waals surface area contributed by atoms with Crippen molar-refractivity contribution in [3.8, 4) is 0 Å². The topological polar surface area (TPSA) is 29.0 Å². The molecule has 0 radical (unpaired) electrons. The maximum Gasteiger partial charge on any atom is 0.435 e. The van der Waals surface area contributed by atoms with Crippen LogP contribution in [-0.4, -0.2) is 27.1 Å². The summed E-state index contributed by atoms with van der Waals surface area (Å²) >= 11 is 3.64. The molecule has 0 spiro atoms. The molecular weight excluding hydrogens is 323 g/mol. The van der Waals surface area contributed by atoms with Gasteiger partial charge in [0, 0.05) is 16.9 Å². The summed E-state index contributed by atoms with van der Waals surface area (Å²) in [6, 6.07) is 3.20. The zero-order valence-corrected chi connectivity index (χ0v) is 11.7. The molecule has 1 aromatic rings. The molecule has 2 atom stereocenters. The Labute approximate surface area is 117 Å². The van der Waals surface area contributed by atoms with Gasteiger partial charge in [-0.05, 0) is 37.8 Å². The summed E-state index contributed by atoms with van der Waals surface area (Å²) in [7, 11) is 0. The van der Waals surface area contributed by atoms with Crippen LogP contribution >= 0.6 is 15.9 Å². The second-order valence-electron chi connectivity index (χ2n) is 5.14. The van der Waals surface area contributed by atoms with Crippen molar-refractivity contribution in [1.82, 2.24) is 10.2 Å². The summed E-state index contributed by atoms with van der Waals surface area (Å²) in [5, 5.41) is 7.09. The molecule has 0 amide bonds. The maximum absolute atomic E-state index is 12.5. The Morgan fingerprint density at radius 1 is 1.11 bits per heavy atom. The van der Waals surface area contributed by atoms with Gasteiger partial charge in [-0.2, -0.15) is 13.2 Å². The van der Waals surface area contributed by atoms with Crippen LogP contribution in [0.25, 0.3) is 0 Å². The number of hydrogen-bond donors (Lipinski definition) is 0. The van der Waals surface area contributed by atoms with E-state index in [2.05, 4.69) is 31.0 Å². The molecule has 0 aliphatic carbocycles. The van der Waals surface area contributed by atoms with Gasteiger partial charge in [-0.1, -0.05) is 15.9 Å². The first kappa shape index (κ1) is 13.1. The first-order valence-electron chi connectivity index (χ1n) is 6.28. The van der Waals surface area contributed by atoms with Crippen LogP contribution in [0.15, 0.2) is 12.1 Å². The van der Waals surface area contributed by atoms with Gasteiger partial charge in [-0.25, -0.2) is 0 Å². The highest BCUT2D eigenvalue weighted by atomic mass is 79.9. The number of aromatic nitrogens is 2. The molecule has 104 valence electrons. The molecule has 7 heteroatoms. The average molecular weight is 336 g/mol. The van der Waals surface area contributed by atoms with Crippen molar-refractivity contribution in [2.75, 3.05) is 4.90 Å². The van der Waals surface area contributed by atoms with Gasteiger partial charge in [0.25, 0.3) is 0 Å². The monoisotopic (exact) mass is 335 g/mol. The van der Waals surface area contributed by atoms with E-state index in [0.717, 1.165) is 31.7 Å². The summed E-state index contributed by atoms with van der Waals surface area (Å²) in [5.41, 5.74) is -0.932. The summed E-state index contributed by atoms with van der Waals surface area (Å²) in [5.74, 6) is 0.569. The third-order valence-corrected chi connectivity index (χ3v) is 4.63. The minimum atomic E-state index is -4.42. The maximum atomic E-state index is 12.5. The van der Waals surface area contributed by atoms with E-state index in [1.54, 1.807) is 0 Å². The van der Waals surface area contributed by atoms with Crippen LogP contribution < -0.4 is 4.90 Å². The van der Waals surface area contributed by atoms with E-state index in [1.165, 1.54) is 6.07 Å². The van der Waals surface area contributed by atoms with E-state index < -0.39 is 11.9 Å². The predicted molar refractivity (Wildman–Crippen MR) is 68.3 cm³/mol. The number of alkyl halides is 4. The average Bonchev–Trinajstić information content (AvgIpc) is 2.61. The van der Waals surface area contributed by atoms with Crippen LogP contribution in [0.1, 0.15) is 31.4 Å². The zero-order valence-electron chi connectivity index (χ0n) is 10.1. The van der Waals surface area contributed by atoms with Gasteiger partial charge in [0.05, 0.1) is 0 Å². The second kappa shape index (κ2) is 4.61. The number of fused-ring (bicyclic) bond motifs is 2. The van der Waals surface area contributed by atoms with Crippen LogP contribution in [0.5, 0.6) is 0 Å². The van der Waals surface area contributed by atoms with Crippen molar-refractivity contribution < 1.29 is 13.2 Å². The van der Waals surface area contributed by atoms with Crippen LogP contribution in [-0.2, 0) is 6.18 Å². The first-order chi connectivity index (χ1) is 8.95. The highest BCUT2D eigenvalue weighted by Gasteiger charge is 2.41. The molecule has 0 saturated carbocycles. The normalized spacial score (nSPS) is 30.7. The fourth-order valence-corrected chi connectivity index (χ4v) is 3.96. The Kier molecular flexibility index (Phi) is 3.19. The van der Waals surface area contributed by atoms with E-state index >= 15 is 0 Å². The van der Waals surface area contributed by atoms with Gasteiger partial charge in [0.1, 0.15) is 0 Å². The fraction of sp³-hybridized carbons (Fsp3) is 0.667. The smallest absolute Gasteiger partial charge is 0.349 e. The molecule has 3 rings (SSSR count). The van der Waals surface area contributed by atoms with Gasteiger partial charge in [0.2, 0.25) is 0 Å². The Morgan fingerprint density at radius 3 is 2.21 bits per heavy atom. The summed E-state index contributed by atoms with van der Waals surface area (Å²) in [4.78, 5) is 2.65. The van der Waals surface area contributed by atoms with Crippen molar-refractivity contribution in [3.63, 3.8) is 0 Å². The molecular formula is C12H13BrF3N3. The molecule has 2 fully saturated rings. The molecule has 2 unspecified atom stereocenters. The largest absolute Gasteiger partial charge is 0.435 e. The number of halogens is 4. The van der Waals surface area contributed by atoms with E-state index in [4.69, 9.17) is 0 Å². The van der Waals surface area contributed by atoms with Crippen LogP contribution in [0, 0.1) is 0 Å². The molecule has 0 N–H and O–H groups in total. The molecule has 2 bridgehead atoms. The standard InChI is InChI=1S/C12H13BrF3N3/c13-7-5-8-1-2-9(6-7)19(8)11-4-3-10(17-18-11)12(14,15)16/h3-4,7-9H,1-2,5-6H2. The van der Waals surface area contributed by atoms with E-state index in [-0.39, 0.29) is 0 Å². The lowest BCUT2D eigenvalue weighted by Gasteiger charge is -2.37. The van der Waals surface area contributed by atoms with E-state index in [9.17, 15) is 13.2 Å². The summed E-state index contributed by atoms with van der Waals surface area (Å²) in [6.07, 6.45) is -0.239. The first-order valence-corrected chi connectivity index (χ1v) is 7.20. The molecule has 3 heterocycles. The molecule has 19 heavy (non-hydrogen) atoms. The number of piperidine rings is 1. The summed E-state index contributed by atoms with van der Waals surface area (Å²) < 4.78 is 37.4. The van der Waals surface area contributed by atoms with E-state index in [1.807, 2.05) is 0 Å². The van der Waals surface area contributed by atoms with Gasteiger partial charge in [-0.3, -0.25) is 0 Å². The molecule has 2 aliphatic heterocycles. The highest BCUT2D eigenvalue weighted by Crippen LogP contribution is 2.40. The zero-order chi connectivity index (χ0) is 13.6. The van der Waals surface area contributed by atoms with Crippen molar-refractivity contribution in [2.45, 2.75) is 48.8 Å². The van der Waals surface area contributed by atoms with Gasteiger partial charge in [0.15, 0.2) is 11.5 Å². The van der Waals surface area contributed by atoms with Gasteiger partial charge < -0.3 is 4.90 Å². The number of hydrogen-bond acceptors (Lipinski definition) is 3. The lowest BCUT2D eigenvalue weighted by Crippen LogP contribution is -2.43. The van der Waals surface area contributed by atoms with Crippen molar-refractivity contribution in [3.05, 3.63) is 17.8 Å². The Bertz CT molecular complexity index is 448. The highest BCUT2D eigenvalue weighted by molar-refractivity contribution is 9.09. The Morgan fingerprint density at radius 2 is 1.74 bits per heavy atom. The van der Waals surface area contributed by atoms with Crippen LogP contribution in [0.4, 0.5) is 19.0 Å². The minimum Gasteiger partial charge on any atom is -0.349 e. The second-order valence-corrected chi connectivity index (χ2v) is 6.43. The van der Waals surface area contributed by atoms with Gasteiger partial charge >= 0.3 is 6.18 Å². The van der Waals surface area contributed by atoms with Crippen LogP contribution in [0.2, 0.25) is 0 Å². The molecule has 1 aromatic heterocycles. The summed E-state index contributed by atoms with van der Waals surface area (Å²) in [6.45, 7) is 0. The molecule has 3 nitrogen and oxygen atoms in total. The lowest BCUT2D eigenvalue weighted by molar-refractivity contribution is -0.141. The molecule has 0 aromatic carbocycles. The third kappa shape index (κ3) is 2.44.